The summed E-state index contributed by atoms with van der Waals surface area (Å²) in [7, 11) is 1.64. The zero-order chi connectivity index (χ0) is 24.6. The quantitative estimate of drug-likeness (QED) is 0.306. The van der Waals surface area contributed by atoms with Crippen LogP contribution < -0.4 is 10.5 Å². The Labute approximate surface area is 203 Å². The third kappa shape index (κ3) is 4.78. The zero-order valence-electron chi connectivity index (χ0n) is 17.7. The van der Waals surface area contributed by atoms with Gasteiger partial charge in [0.05, 0.1) is 21.8 Å². The van der Waals surface area contributed by atoms with Crippen LogP contribution in [-0.2, 0) is 19.8 Å². The smallest absolute Gasteiger partial charge is 0.417 e. The first kappa shape index (κ1) is 23.8. The van der Waals surface area contributed by atoms with Gasteiger partial charge in [-0.05, 0) is 47.5 Å². The van der Waals surface area contributed by atoms with Crippen LogP contribution in [0.5, 0.6) is 11.5 Å². The highest BCUT2D eigenvalue weighted by Crippen LogP contribution is 2.46. The number of rotatable bonds is 5. The number of aryl methyl sites for hydroxylation is 1. The molecule has 0 fully saturated rings. The molecule has 4 aromatic rings. The fourth-order valence-corrected chi connectivity index (χ4v) is 3.91. The lowest BCUT2D eigenvalue weighted by atomic mass is 9.97. The van der Waals surface area contributed by atoms with Gasteiger partial charge in [-0.1, -0.05) is 41.4 Å². The summed E-state index contributed by atoms with van der Waals surface area (Å²) >= 11 is 11.7. The molecular weight excluding hydrogens is 490 g/mol. The number of ether oxygens (including phenoxy) is 1. The normalized spacial score (nSPS) is 11.6. The molecule has 0 bridgehead atoms. The largest absolute Gasteiger partial charge is 0.506 e. The van der Waals surface area contributed by atoms with Crippen LogP contribution in [0.3, 0.4) is 0 Å². The average molecular weight is 508 g/mol. The van der Waals surface area contributed by atoms with Crippen LogP contribution in [0, 0.1) is 0 Å². The lowest BCUT2D eigenvalue weighted by Crippen LogP contribution is -2.06. The summed E-state index contributed by atoms with van der Waals surface area (Å²) in [5, 5.41) is 15.4. The molecular formula is C24H18Cl2F3N3O2. The summed E-state index contributed by atoms with van der Waals surface area (Å²) in [6.07, 6.45) is -4.68. The number of halogens is 5. The van der Waals surface area contributed by atoms with Crippen molar-refractivity contribution in [2.75, 3.05) is 5.73 Å². The molecule has 0 aliphatic rings. The second-order valence-electron chi connectivity index (χ2n) is 7.52. The molecule has 3 N–H and O–H groups in total. The van der Waals surface area contributed by atoms with E-state index >= 15 is 0 Å². The molecule has 1 heterocycles. The monoisotopic (exact) mass is 507 g/mol. The predicted molar refractivity (Wildman–Crippen MR) is 126 cm³/mol. The molecule has 0 radical (unpaired) electrons. The number of benzene rings is 3. The van der Waals surface area contributed by atoms with E-state index in [1.54, 1.807) is 49.5 Å². The van der Waals surface area contributed by atoms with Gasteiger partial charge in [0.25, 0.3) is 0 Å². The van der Waals surface area contributed by atoms with Gasteiger partial charge in [-0.2, -0.15) is 18.3 Å². The summed E-state index contributed by atoms with van der Waals surface area (Å²) in [5.74, 6) is 0.126. The molecule has 34 heavy (non-hydrogen) atoms. The van der Waals surface area contributed by atoms with Crippen molar-refractivity contribution in [1.82, 2.24) is 9.78 Å². The number of nitrogen functional groups attached to an aromatic ring is 1. The Balaban J connectivity index is 1.86. The van der Waals surface area contributed by atoms with E-state index < -0.39 is 16.8 Å². The van der Waals surface area contributed by atoms with Crippen LogP contribution in [0.2, 0.25) is 10.0 Å². The van der Waals surface area contributed by atoms with E-state index in [2.05, 4.69) is 5.10 Å². The highest BCUT2D eigenvalue weighted by atomic mass is 35.5. The molecule has 0 saturated heterocycles. The maximum atomic E-state index is 13.5. The number of hydrogen-bond donors (Lipinski definition) is 2. The Bertz CT molecular complexity index is 1350. The SMILES string of the molecule is Cn1nc(N)cc1-c1ccc(OCc2ccc(Cl)cc2)c(-c2ccc(Cl)c(C(F)(F)F)c2)c1O. The Morgan fingerprint density at radius 1 is 1.03 bits per heavy atom. The van der Waals surface area contributed by atoms with Crippen molar-refractivity contribution >= 4 is 29.0 Å². The maximum Gasteiger partial charge on any atom is 0.417 e. The number of phenolic OH excluding ortho intramolecular Hbond substituents is 1. The zero-order valence-corrected chi connectivity index (χ0v) is 19.2. The predicted octanol–water partition coefficient (Wildman–Crippen LogP) is 6.95. The Hall–Kier alpha value is -3.36. The number of anilines is 1. The van der Waals surface area contributed by atoms with Crippen molar-refractivity contribution in [3.05, 3.63) is 81.8 Å². The standard InChI is InChI=1S/C24H18Cl2F3N3O2/c1-32-19(11-21(30)31-32)16-7-9-20(34-12-13-2-5-15(25)6-3-13)22(23(16)33)14-4-8-18(26)17(10-14)24(27,28)29/h2-11,33H,12H2,1H3,(H2,30,31). The summed E-state index contributed by atoms with van der Waals surface area (Å²) in [5.41, 5.74) is 6.48. The van der Waals surface area contributed by atoms with Gasteiger partial charge in [0.15, 0.2) is 0 Å². The molecule has 0 spiro atoms. The summed E-state index contributed by atoms with van der Waals surface area (Å²) in [6.45, 7) is 0.0985. The lowest BCUT2D eigenvalue weighted by molar-refractivity contribution is -0.137. The highest BCUT2D eigenvalue weighted by Gasteiger charge is 2.34. The number of hydrogen-bond acceptors (Lipinski definition) is 4. The Kier molecular flexibility index (Phi) is 6.38. The van der Waals surface area contributed by atoms with Crippen molar-refractivity contribution < 1.29 is 23.0 Å². The van der Waals surface area contributed by atoms with E-state index in [-0.39, 0.29) is 35.1 Å². The van der Waals surface area contributed by atoms with Crippen molar-refractivity contribution in [2.45, 2.75) is 12.8 Å². The third-order valence-corrected chi connectivity index (χ3v) is 5.76. The van der Waals surface area contributed by atoms with E-state index in [1.165, 1.54) is 10.7 Å². The van der Waals surface area contributed by atoms with Crippen molar-refractivity contribution in [3.8, 4) is 33.9 Å². The van der Waals surface area contributed by atoms with Crippen molar-refractivity contribution in [1.29, 1.82) is 0 Å². The van der Waals surface area contributed by atoms with E-state index in [0.717, 1.165) is 17.7 Å². The van der Waals surface area contributed by atoms with Crippen LogP contribution in [0.1, 0.15) is 11.1 Å². The molecule has 0 saturated carbocycles. The second-order valence-corrected chi connectivity index (χ2v) is 8.36. The van der Waals surface area contributed by atoms with E-state index in [9.17, 15) is 18.3 Å². The van der Waals surface area contributed by atoms with E-state index in [4.69, 9.17) is 33.7 Å². The number of aromatic nitrogens is 2. The Morgan fingerprint density at radius 2 is 1.74 bits per heavy atom. The molecule has 10 heteroatoms. The number of phenols is 1. The van der Waals surface area contributed by atoms with E-state index in [0.29, 0.717) is 16.3 Å². The molecule has 1 aromatic heterocycles. The summed E-state index contributed by atoms with van der Waals surface area (Å²) < 4.78 is 48.0. The average Bonchev–Trinajstić information content (AvgIpc) is 3.11. The first-order valence-electron chi connectivity index (χ1n) is 9.95. The van der Waals surface area contributed by atoms with E-state index in [1.807, 2.05) is 0 Å². The first-order valence-corrected chi connectivity index (χ1v) is 10.7. The minimum Gasteiger partial charge on any atom is -0.506 e. The fourth-order valence-electron chi connectivity index (χ4n) is 3.56. The molecule has 0 atom stereocenters. The molecule has 4 rings (SSSR count). The summed E-state index contributed by atoms with van der Waals surface area (Å²) in [6, 6.07) is 15.0. The highest BCUT2D eigenvalue weighted by molar-refractivity contribution is 6.31. The maximum absolute atomic E-state index is 13.5. The minimum atomic E-state index is -4.68. The fraction of sp³-hybridized carbons (Fsp3) is 0.125. The van der Waals surface area contributed by atoms with Gasteiger partial charge < -0.3 is 15.6 Å². The summed E-state index contributed by atoms with van der Waals surface area (Å²) in [4.78, 5) is 0. The van der Waals surface area contributed by atoms with Gasteiger partial charge in [-0.3, -0.25) is 4.68 Å². The molecule has 176 valence electrons. The molecule has 0 unspecified atom stereocenters. The first-order chi connectivity index (χ1) is 16.0. The van der Waals surface area contributed by atoms with Crippen LogP contribution in [0.15, 0.2) is 60.7 Å². The number of nitrogens with zero attached hydrogens (tertiary/aromatic N) is 2. The van der Waals surface area contributed by atoms with Gasteiger partial charge in [0, 0.05) is 23.7 Å². The molecule has 3 aromatic carbocycles. The number of aromatic hydroxyl groups is 1. The van der Waals surface area contributed by atoms with Crippen LogP contribution in [-0.4, -0.2) is 14.9 Å². The number of nitrogens with two attached hydrogens (primary N) is 1. The lowest BCUT2D eigenvalue weighted by Gasteiger charge is -2.18. The molecule has 0 amide bonds. The van der Waals surface area contributed by atoms with Gasteiger partial charge in [0.2, 0.25) is 0 Å². The van der Waals surface area contributed by atoms with Gasteiger partial charge in [0.1, 0.15) is 23.9 Å². The van der Waals surface area contributed by atoms with Gasteiger partial charge in [-0.25, -0.2) is 0 Å². The molecule has 5 nitrogen and oxygen atoms in total. The molecule has 0 aliphatic carbocycles. The van der Waals surface area contributed by atoms with Crippen molar-refractivity contribution in [2.24, 2.45) is 7.05 Å². The minimum absolute atomic E-state index is 0.0772. The van der Waals surface area contributed by atoms with Gasteiger partial charge in [-0.15, -0.1) is 0 Å². The Morgan fingerprint density at radius 3 is 2.35 bits per heavy atom. The third-order valence-electron chi connectivity index (χ3n) is 5.18. The van der Waals surface area contributed by atoms with Crippen LogP contribution in [0.25, 0.3) is 22.4 Å². The van der Waals surface area contributed by atoms with Crippen LogP contribution >= 0.6 is 23.2 Å². The topological polar surface area (TPSA) is 73.3 Å². The van der Waals surface area contributed by atoms with Gasteiger partial charge >= 0.3 is 6.18 Å². The number of alkyl halides is 3. The second kappa shape index (κ2) is 9.12. The molecule has 0 aliphatic heterocycles. The van der Waals surface area contributed by atoms with Crippen LogP contribution in [0.4, 0.5) is 19.0 Å². The van der Waals surface area contributed by atoms with Crippen molar-refractivity contribution in [3.63, 3.8) is 0 Å².